The van der Waals surface area contributed by atoms with Crippen molar-refractivity contribution in [3.63, 3.8) is 0 Å². The molecule has 0 spiro atoms. The summed E-state index contributed by atoms with van der Waals surface area (Å²) < 4.78 is 49.9. The van der Waals surface area contributed by atoms with Crippen molar-refractivity contribution in [1.82, 2.24) is 9.62 Å². The summed E-state index contributed by atoms with van der Waals surface area (Å²) in [5.74, 6) is 1.92. The van der Waals surface area contributed by atoms with Crippen molar-refractivity contribution in [2.24, 2.45) is 0 Å². The first-order chi connectivity index (χ1) is 15.5. The maximum absolute atomic E-state index is 13.3. The number of fused-ring (bicyclic) bond motifs is 2. The Morgan fingerprint density at radius 1 is 0.906 bits per heavy atom. The summed E-state index contributed by atoms with van der Waals surface area (Å²) in [6.45, 7) is 2.35. The summed E-state index contributed by atoms with van der Waals surface area (Å²) in [7, 11) is -3.86. The highest BCUT2D eigenvalue weighted by Gasteiger charge is 2.39. The standard InChI is InChI=1S/C22H24N2O7S/c25-22(23-14-15-3-5-18-20(12-15)30-10-8-28-18)17-2-1-7-24(17)32(26,27)16-4-6-19-21(13-16)31-11-9-29-19/h3-6,12-13,17H,1-2,7-11,14H2,(H,23,25). The van der Waals surface area contributed by atoms with Crippen molar-refractivity contribution < 1.29 is 32.2 Å². The van der Waals surface area contributed by atoms with Gasteiger partial charge in [-0.05, 0) is 42.7 Å². The first-order valence-electron chi connectivity index (χ1n) is 10.6. The van der Waals surface area contributed by atoms with Gasteiger partial charge in [0.15, 0.2) is 23.0 Å². The second-order valence-electron chi connectivity index (χ2n) is 7.78. The molecule has 0 radical (unpaired) electrons. The predicted molar refractivity (Wildman–Crippen MR) is 114 cm³/mol. The van der Waals surface area contributed by atoms with Crippen LogP contribution in [0.3, 0.4) is 0 Å². The van der Waals surface area contributed by atoms with Gasteiger partial charge in [-0.3, -0.25) is 4.79 Å². The van der Waals surface area contributed by atoms with E-state index in [0.29, 0.717) is 68.8 Å². The van der Waals surface area contributed by atoms with Gasteiger partial charge in [0.1, 0.15) is 32.5 Å². The Kier molecular flexibility index (Phi) is 5.56. The Hall–Kier alpha value is -2.98. The van der Waals surface area contributed by atoms with Gasteiger partial charge in [0.2, 0.25) is 15.9 Å². The van der Waals surface area contributed by atoms with Gasteiger partial charge in [-0.15, -0.1) is 0 Å². The van der Waals surface area contributed by atoms with Crippen LogP contribution in [-0.4, -0.2) is 57.6 Å². The molecule has 3 aliphatic heterocycles. The topological polar surface area (TPSA) is 103 Å². The van der Waals surface area contributed by atoms with Crippen LogP contribution < -0.4 is 24.3 Å². The molecule has 0 aromatic heterocycles. The maximum Gasteiger partial charge on any atom is 0.243 e. The van der Waals surface area contributed by atoms with E-state index >= 15 is 0 Å². The number of rotatable bonds is 5. The number of carbonyl (C=O) groups excluding carboxylic acids is 1. The number of benzene rings is 2. The minimum atomic E-state index is -3.86. The third-order valence-electron chi connectivity index (χ3n) is 5.70. The number of nitrogens with one attached hydrogen (secondary N) is 1. The quantitative estimate of drug-likeness (QED) is 0.724. The number of sulfonamides is 1. The molecule has 2 aromatic rings. The molecule has 1 saturated heterocycles. The summed E-state index contributed by atoms with van der Waals surface area (Å²) in [4.78, 5) is 13.0. The minimum Gasteiger partial charge on any atom is -0.486 e. The summed E-state index contributed by atoms with van der Waals surface area (Å²) in [5, 5.41) is 2.87. The fourth-order valence-corrected chi connectivity index (χ4v) is 5.79. The molecule has 3 heterocycles. The highest BCUT2D eigenvalue weighted by atomic mass is 32.2. The van der Waals surface area contributed by atoms with Gasteiger partial charge in [0, 0.05) is 19.2 Å². The molecule has 2 aromatic carbocycles. The highest BCUT2D eigenvalue weighted by molar-refractivity contribution is 7.89. The third-order valence-corrected chi connectivity index (χ3v) is 7.60. The average molecular weight is 461 g/mol. The van der Waals surface area contributed by atoms with E-state index in [0.717, 1.165) is 5.56 Å². The Bertz CT molecular complexity index is 1140. The van der Waals surface area contributed by atoms with Crippen LogP contribution in [0, 0.1) is 0 Å². The number of nitrogens with zero attached hydrogens (tertiary/aromatic N) is 1. The summed E-state index contributed by atoms with van der Waals surface area (Å²) in [6, 6.07) is 9.28. The van der Waals surface area contributed by atoms with Crippen LogP contribution in [0.25, 0.3) is 0 Å². The van der Waals surface area contributed by atoms with Gasteiger partial charge in [0.25, 0.3) is 0 Å². The van der Waals surface area contributed by atoms with Crippen molar-refractivity contribution in [2.45, 2.75) is 30.3 Å². The zero-order valence-corrected chi connectivity index (χ0v) is 18.2. The molecule has 3 aliphatic rings. The Morgan fingerprint density at radius 3 is 2.25 bits per heavy atom. The van der Waals surface area contributed by atoms with Gasteiger partial charge in [-0.2, -0.15) is 4.31 Å². The summed E-state index contributed by atoms with van der Waals surface area (Å²) in [5.41, 5.74) is 0.849. The highest BCUT2D eigenvalue weighted by Crippen LogP contribution is 2.35. The van der Waals surface area contributed by atoms with Crippen LogP contribution in [0.15, 0.2) is 41.3 Å². The zero-order valence-electron chi connectivity index (χ0n) is 17.4. The minimum absolute atomic E-state index is 0.0910. The van der Waals surface area contributed by atoms with Crippen LogP contribution in [0.4, 0.5) is 0 Å². The van der Waals surface area contributed by atoms with Crippen LogP contribution in [0.1, 0.15) is 18.4 Å². The molecule has 0 bridgehead atoms. The fraction of sp³-hybridized carbons (Fsp3) is 0.409. The zero-order chi connectivity index (χ0) is 22.1. The van der Waals surface area contributed by atoms with E-state index in [2.05, 4.69) is 5.32 Å². The van der Waals surface area contributed by atoms with Gasteiger partial charge in [0.05, 0.1) is 4.90 Å². The van der Waals surface area contributed by atoms with E-state index in [-0.39, 0.29) is 17.3 Å². The van der Waals surface area contributed by atoms with E-state index in [1.54, 1.807) is 6.07 Å². The summed E-state index contributed by atoms with van der Waals surface area (Å²) in [6.07, 6.45) is 1.09. The lowest BCUT2D eigenvalue weighted by atomic mass is 10.1. The molecule has 32 heavy (non-hydrogen) atoms. The fourth-order valence-electron chi connectivity index (χ4n) is 4.11. The molecule has 1 atom stereocenters. The number of carbonyl (C=O) groups is 1. The molecule has 1 amide bonds. The van der Waals surface area contributed by atoms with E-state index in [9.17, 15) is 13.2 Å². The number of amides is 1. The molecule has 1 fully saturated rings. The van der Waals surface area contributed by atoms with Gasteiger partial charge in [-0.25, -0.2) is 8.42 Å². The molecule has 9 nitrogen and oxygen atoms in total. The third kappa shape index (κ3) is 3.95. The van der Waals surface area contributed by atoms with Gasteiger partial charge >= 0.3 is 0 Å². The van der Waals surface area contributed by atoms with Gasteiger partial charge in [-0.1, -0.05) is 6.07 Å². The number of hydrogen-bond acceptors (Lipinski definition) is 7. The van der Waals surface area contributed by atoms with E-state index in [1.807, 2.05) is 18.2 Å². The van der Waals surface area contributed by atoms with Crippen molar-refractivity contribution in [3.8, 4) is 23.0 Å². The number of hydrogen-bond donors (Lipinski definition) is 1. The monoisotopic (exact) mass is 460 g/mol. The lowest BCUT2D eigenvalue weighted by Gasteiger charge is -2.25. The molecule has 0 aliphatic carbocycles. The predicted octanol–water partition coefficient (Wildman–Crippen LogP) is 1.70. The van der Waals surface area contributed by atoms with Crippen LogP contribution >= 0.6 is 0 Å². The average Bonchev–Trinajstić information content (AvgIpc) is 3.33. The molecule has 0 saturated carbocycles. The SMILES string of the molecule is O=C(NCc1ccc2c(c1)OCCO2)C1CCCN1S(=O)(=O)c1ccc2c(c1)OCCO2. The summed E-state index contributed by atoms with van der Waals surface area (Å²) >= 11 is 0. The lowest BCUT2D eigenvalue weighted by molar-refractivity contribution is -0.124. The maximum atomic E-state index is 13.3. The van der Waals surface area contributed by atoms with Gasteiger partial charge < -0.3 is 24.3 Å². The molecule has 170 valence electrons. The molecule has 1 unspecified atom stereocenters. The Balaban J connectivity index is 1.29. The first kappa shape index (κ1) is 20.9. The molecule has 10 heteroatoms. The Labute approximate surface area is 186 Å². The van der Waals surface area contributed by atoms with Crippen molar-refractivity contribution in [2.75, 3.05) is 33.0 Å². The lowest BCUT2D eigenvalue weighted by Crippen LogP contribution is -2.45. The molecular weight excluding hydrogens is 436 g/mol. The van der Waals surface area contributed by atoms with E-state index in [4.69, 9.17) is 18.9 Å². The van der Waals surface area contributed by atoms with Crippen molar-refractivity contribution >= 4 is 15.9 Å². The largest absolute Gasteiger partial charge is 0.486 e. The van der Waals surface area contributed by atoms with E-state index < -0.39 is 16.1 Å². The smallest absolute Gasteiger partial charge is 0.243 e. The molecule has 5 rings (SSSR count). The second-order valence-corrected chi connectivity index (χ2v) is 9.67. The van der Waals surface area contributed by atoms with Crippen LogP contribution in [0.5, 0.6) is 23.0 Å². The first-order valence-corrected chi connectivity index (χ1v) is 12.0. The van der Waals surface area contributed by atoms with Crippen LogP contribution in [0.2, 0.25) is 0 Å². The molecular formula is C22H24N2O7S. The number of ether oxygens (including phenoxy) is 4. The van der Waals surface area contributed by atoms with Crippen molar-refractivity contribution in [1.29, 1.82) is 0 Å². The Morgan fingerprint density at radius 2 is 1.53 bits per heavy atom. The normalized spacial score (nSPS) is 20.1. The molecule has 1 N–H and O–H groups in total. The second kappa shape index (κ2) is 8.51. The van der Waals surface area contributed by atoms with Crippen LogP contribution in [-0.2, 0) is 21.4 Å². The van der Waals surface area contributed by atoms with E-state index in [1.165, 1.54) is 16.4 Å². The van der Waals surface area contributed by atoms with Crippen molar-refractivity contribution in [3.05, 3.63) is 42.0 Å².